The van der Waals surface area contributed by atoms with Gasteiger partial charge in [-0.05, 0) is 45.1 Å². The van der Waals surface area contributed by atoms with Crippen molar-refractivity contribution in [2.24, 2.45) is 0 Å². The molecule has 0 unspecified atom stereocenters. The number of nitrogens with one attached hydrogen (secondary N) is 1. The number of nitrogens with zero attached hydrogens (tertiary/aromatic N) is 4. The monoisotopic (exact) mass is 402 g/mol. The van der Waals surface area contributed by atoms with Crippen molar-refractivity contribution < 1.29 is 4.79 Å². The third-order valence-electron chi connectivity index (χ3n) is 5.54. The Kier molecular flexibility index (Phi) is 5.80. The number of aryl methyl sites for hydroxylation is 2. The third kappa shape index (κ3) is 4.29. The van der Waals surface area contributed by atoms with Crippen LogP contribution in [-0.4, -0.2) is 64.4 Å². The standard InChI is InChI=1S/C20H30N6OS/c1-13(2)22-17(27)12-26-9-7-25(8-10-26)11-16-23-19(21)18-14-5-3-4-6-15(14)28-20(18)24-16/h13H,3-12H2,1-2H3,(H,22,27)(H2,21,23,24). The molecule has 152 valence electrons. The number of nitrogens with two attached hydrogens (primary N) is 1. The van der Waals surface area contributed by atoms with E-state index in [0.717, 1.165) is 61.6 Å². The van der Waals surface area contributed by atoms with Crippen molar-refractivity contribution >= 4 is 33.3 Å². The van der Waals surface area contributed by atoms with Crippen molar-refractivity contribution in [1.82, 2.24) is 25.1 Å². The highest BCUT2D eigenvalue weighted by Gasteiger charge is 2.23. The summed E-state index contributed by atoms with van der Waals surface area (Å²) in [6, 6.07) is 0.189. The number of fused-ring (bicyclic) bond motifs is 3. The van der Waals surface area contributed by atoms with E-state index in [1.165, 1.54) is 23.3 Å². The number of amides is 1. The zero-order chi connectivity index (χ0) is 19.7. The fourth-order valence-corrected chi connectivity index (χ4v) is 5.47. The van der Waals surface area contributed by atoms with Crippen LogP contribution in [0.1, 0.15) is 43.0 Å². The van der Waals surface area contributed by atoms with Crippen LogP contribution >= 0.6 is 11.3 Å². The largest absolute Gasteiger partial charge is 0.383 e. The summed E-state index contributed by atoms with van der Waals surface area (Å²) in [5, 5.41) is 4.06. The first-order chi connectivity index (χ1) is 13.5. The van der Waals surface area contributed by atoms with E-state index in [2.05, 4.69) is 20.1 Å². The van der Waals surface area contributed by atoms with Crippen LogP contribution < -0.4 is 11.1 Å². The molecule has 0 saturated carbocycles. The number of hydrogen-bond acceptors (Lipinski definition) is 7. The Morgan fingerprint density at radius 2 is 1.86 bits per heavy atom. The molecule has 2 aromatic heterocycles. The minimum absolute atomic E-state index is 0.103. The van der Waals surface area contributed by atoms with E-state index >= 15 is 0 Å². The molecule has 0 aromatic carbocycles. The predicted octanol–water partition coefficient (Wildman–Crippen LogP) is 1.79. The number of carbonyl (C=O) groups is 1. The van der Waals surface area contributed by atoms with Gasteiger partial charge in [0.1, 0.15) is 16.5 Å². The molecule has 3 heterocycles. The van der Waals surface area contributed by atoms with Crippen LogP contribution in [0.3, 0.4) is 0 Å². The van der Waals surface area contributed by atoms with Crippen molar-refractivity contribution in [2.45, 2.75) is 52.1 Å². The Balaban J connectivity index is 1.38. The molecular formula is C20H30N6OS. The van der Waals surface area contributed by atoms with E-state index in [9.17, 15) is 4.79 Å². The molecule has 4 rings (SSSR count). The molecule has 1 fully saturated rings. The van der Waals surface area contributed by atoms with Crippen LogP contribution in [0.2, 0.25) is 0 Å². The molecule has 0 spiro atoms. The van der Waals surface area contributed by atoms with E-state index in [4.69, 9.17) is 10.7 Å². The van der Waals surface area contributed by atoms with Gasteiger partial charge in [0.2, 0.25) is 5.91 Å². The van der Waals surface area contributed by atoms with Gasteiger partial charge < -0.3 is 11.1 Å². The molecule has 0 atom stereocenters. The summed E-state index contributed by atoms with van der Waals surface area (Å²) in [7, 11) is 0. The summed E-state index contributed by atoms with van der Waals surface area (Å²) in [4.78, 5) is 28.5. The first-order valence-corrected chi connectivity index (χ1v) is 11.1. The van der Waals surface area contributed by atoms with Gasteiger partial charge in [0.25, 0.3) is 0 Å². The van der Waals surface area contributed by atoms with E-state index in [-0.39, 0.29) is 11.9 Å². The summed E-state index contributed by atoms with van der Waals surface area (Å²) in [5.41, 5.74) is 7.72. The maximum atomic E-state index is 11.9. The lowest BCUT2D eigenvalue weighted by Gasteiger charge is -2.34. The first kappa shape index (κ1) is 19.5. The number of nitrogen functional groups attached to an aromatic ring is 1. The molecule has 2 aromatic rings. The van der Waals surface area contributed by atoms with Crippen molar-refractivity contribution in [3.63, 3.8) is 0 Å². The quantitative estimate of drug-likeness (QED) is 0.793. The summed E-state index contributed by atoms with van der Waals surface area (Å²) in [6.07, 6.45) is 4.76. The minimum Gasteiger partial charge on any atom is -0.383 e. The predicted molar refractivity (Wildman–Crippen MR) is 113 cm³/mol. The second kappa shape index (κ2) is 8.31. The van der Waals surface area contributed by atoms with Crippen LogP contribution in [0.25, 0.3) is 10.2 Å². The first-order valence-electron chi connectivity index (χ1n) is 10.3. The van der Waals surface area contributed by atoms with Gasteiger partial charge in [-0.25, -0.2) is 9.97 Å². The van der Waals surface area contributed by atoms with Gasteiger partial charge in [-0.2, -0.15) is 0 Å². The molecule has 28 heavy (non-hydrogen) atoms. The van der Waals surface area contributed by atoms with Crippen LogP contribution in [-0.2, 0) is 24.2 Å². The highest BCUT2D eigenvalue weighted by atomic mass is 32.1. The number of hydrogen-bond donors (Lipinski definition) is 2. The maximum absolute atomic E-state index is 11.9. The second-order valence-electron chi connectivity index (χ2n) is 8.19. The molecule has 1 aliphatic carbocycles. The SMILES string of the molecule is CC(C)NC(=O)CN1CCN(Cc2nc(N)c3c4c(sc3n2)CCCC4)CC1. The summed E-state index contributed by atoms with van der Waals surface area (Å²) >= 11 is 1.80. The second-order valence-corrected chi connectivity index (χ2v) is 9.27. The van der Waals surface area contributed by atoms with Crippen LogP contribution in [0, 0.1) is 0 Å². The van der Waals surface area contributed by atoms with Gasteiger partial charge in [-0.1, -0.05) is 0 Å². The highest BCUT2D eigenvalue weighted by molar-refractivity contribution is 7.19. The number of carbonyl (C=O) groups excluding carboxylic acids is 1. The summed E-state index contributed by atoms with van der Waals surface area (Å²) in [6.45, 7) is 8.77. The summed E-state index contributed by atoms with van der Waals surface area (Å²) < 4.78 is 0. The van der Waals surface area contributed by atoms with E-state index in [1.54, 1.807) is 11.3 Å². The zero-order valence-electron chi connectivity index (χ0n) is 16.8. The zero-order valence-corrected chi connectivity index (χ0v) is 17.6. The van der Waals surface area contributed by atoms with Crippen molar-refractivity contribution in [1.29, 1.82) is 0 Å². The Morgan fingerprint density at radius 1 is 1.14 bits per heavy atom. The Labute approximate surface area is 170 Å². The number of aromatic nitrogens is 2. The third-order valence-corrected chi connectivity index (χ3v) is 6.72. The summed E-state index contributed by atoms with van der Waals surface area (Å²) in [5.74, 6) is 1.56. The number of rotatable bonds is 5. The lowest BCUT2D eigenvalue weighted by Crippen LogP contribution is -2.49. The fraction of sp³-hybridized carbons (Fsp3) is 0.650. The number of piperazine rings is 1. The van der Waals surface area contributed by atoms with Gasteiger partial charge in [-0.3, -0.25) is 14.6 Å². The highest BCUT2D eigenvalue weighted by Crippen LogP contribution is 2.37. The Morgan fingerprint density at radius 3 is 2.61 bits per heavy atom. The van der Waals surface area contributed by atoms with E-state index in [1.807, 2.05) is 13.8 Å². The Hall–Kier alpha value is -1.77. The van der Waals surface area contributed by atoms with Gasteiger partial charge in [-0.15, -0.1) is 11.3 Å². The van der Waals surface area contributed by atoms with Gasteiger partial charge in [0.05, 0.1) is 18.5 Å². The maximum Gasteiger partial charge on any atom is 0.234 e. The van der Waals surface area contributed by atoms with Gasteiger partial charge >= 0.3 is 0 Å². The molecule has 0 bridgehead atoms. The normalized spacial score (nSPS) is 18.5. The number of thiophene rings is 1. The Bertz CT molecular complexity index is 856. The van der Waals surface area contributed by atoms with Crippen LogP contribution in [0.5, 0.6) is 0 Å². The molecule has 1 aliphatic heterocycles. The van der Waals surface area contributed by atoms with Crippen LogP contribution in [0.4, 0.5) is 5.82 Å². The van der Waals surface area contributed by atoms with Crippen molar-refractivity contribution in [2.75, 3.05) is 38.5 Å². The molecular weight excluding hydrogens is 372 g/mol. The molecule has 7 nitrogen and oxygen atoms in total. The topological polar surface area (TPSA) is 87.4 Å². The lowest BCUT2D eigenvalue weighted by molar-refractivity contribution is -0.123. The average molecular weight is 403 g/mol. The fourth-order valence-electron chi connectivity index (χ4n) is 4.18. The van der Waals surface area contributed by atoms with Crippen molar-refractivity contribution in [3.8, 4) is 0 Å². The number of anilines is 1. The molecule has 3 N–H and O–H groups in total. The lowest BCUT2D eigenvalue weighted by atomic mass is 9.97. The molecule has 8 heteroatoms. The molecule has 1 amide bonds. The molecule has 1 saturated heterocycles. The van der Waals surface area contributed by atoms with Crippen molar-refractivity contribution in [3.05, 3.63) is 16.3 Å². The van der Waals surface area contributed by atoms with Gasteiger partial charge in [0.15, 0.2) is 0 Å². The molecule has 2 aliphatic rings. The average Bonchev–Trinajstić information content (AvgIpc) is 3.01. The van der Waals surface area contributed by atoms with E-state index < -0.39 is 0 Å². The van der Waals surface area contributed by atoms with Gasteiger partial charge in [0, 0.05) is 37.1 Å². The minimum atomic E-state index is 0.103. The smallest absolute Gasteiger partial charge is 0.234 e. The van der Waals surface area contributed by atoms with E-state index in [0.29, 0.717) is 12.4 Å². The van der Waals surface area contributed by atoms with Crippen LogP contribution in [0.15, 0.2) is 0 Å². The molecule has 0 radical (unpaired) electrons.